The van der Waals surface area contributed by atoms with Gasteiger partial charge in [0.05, 0.1) is 11.4 Å². The van der Waals surface area contributed by atoms with Gasteiger partial charge in [0.25, 0.3) is 0 Å². The quantitative estimate of drug-likeness (QED) is 0.521. The molecule has 1 aromatic heterocycles. The van der Waals surface area contributed by atoms with Crippen LogP contribution in [0.2, 0.25) is 0 Å². The van der Waals surface area contributed by atoms with E-state index < -0.39 is 0 Å². The predicted octanol–water partition coefficient (Wildman–Crippen LogP) is 3.21. The third-order valence-electron chi connectivity index (χ3n) is 3.88. The summed E-state index contributed by atoms with van der Waals surface area (Å²) in [6.07, 6.45) is 0. The van der Waals surface area contributed by atoms with Gasteiger partial charge in [-0.3, -0.25) is 9.59 Å². The average molecular weight is 381 g/mol. The van der Waals surface area contributed by atoms with E-state index >= 15 is 0 Å². The van der Waals surface area contributed by atoms with Crippen LogP contribution in [-0.4, -0.2) is 37.7 Å². The molecule has 0 unspecified atom stereocenters. The molecule has 1 N–H and O–H groups in total. The summed E-state index contributed by atoms with van der Waals surface area (Å²) in [7, 11) is 0. The third kappa shape index (κ3) is 4.59. The number of tetrazole rings is 1. The smallest absolute Gasteiger partial charge is 0.221 e. The molecule has 0 spiro atoms. The number of carbonyl (C=O) groups excluding carboxylic acids is 2. The van der Waals surface area contributed by atoms with Gasteiger partial charge in [-0.1, -0.05) is 29.5 Å². The highest BCUT2D eigenvalue weighted by Crippen LogP contribution is 2.22. The maximum absolute atomic E-state index is 12.4. The van der Waals surface area contributed by atoms with E-state index in [1.165, 1.54) is 18.7 Å². The molecule has 0 fully saturated rings. The number of amides is 1. The Morgan fingerprint density at radius 2 is 1.85 bits per heavy atom. The summed E-state index contributed by atoms with van der Waals surface area (Å²) < 4.78 is 1.65. The molecule has 138 valence electrons. The highest BCUT2D eigenvalue weighted by molar-refractivity contribution is 7.99. The van der Waals surface area contributed by atoms with Crippen LogP contribution in [0.5, 0.6) is 0 Å². The molecule has 7 nitrogen and oxygen atoms in total. The topological polar surface area (TPSA) is 89.8 Å². The van der Waals surface area contributed by atoms with Gasteiger partial charge in [-0.2, -0.15) is 4.68 Å². The van der Waals surface area contributed by atoms with Crippen LogP contribution >= 0.6 is 11.8 Å². The van der Waals surface area contributed by atoms with Crippen molar-refractivity contribution in [3.63, 3.8) is 0 Å². The number of aromatic nitrogens is 4. The van der Waals surface area contributed by atoms with E-state index in [0.29, 0.717) is 16.4 Å². The fourth-order valence-corrected chi connectivity index (χ4v) is 3.40. The Balaban J connectivity index is 1.70. The standard InChI is InChI=1S/C19H19N5O2S/c1-12-4-9-17(13(2)10-12)24-19(21-22-23-24)27-11-18(26)15-5-7-16(8-6-15)20-14(3)25/h4-10H,11H2,1-3H3,(H,20,25). The Hall–Kier alpha value is -3.00. The zero-order valence-corrected chi connectivity index (χ0v) is 16.1. The second-order valence-electron chi connectivity index (χ2n) is 6.13. The van der Waals surface area contributed by atoms with Gasteiger partial charge in [0.2, 0.25) is 11.1 Å². The van der Waals surface area contributed by atoms with Crippen LogP contribution < -0.4 is 5.32 Å². The van der Waals surface area contributed by atoms with E-state index in [1.807, 2.05) is 26.0 Å². The first-order chi connectivity index (χ1) is 12.9. The van der Waals surface area contributed by atoms with Crippen molar-refractivity contribution in [3.8, 4) is 5.69 Å². The number of ketones is 1. The minimum Gasteiger partial charge on any atom is -0.326 e. The van der Waals surface area contributed by atoms with E-state index in [-0.39, 0.29) is 17.4 Å². The van der Waals surface area contributed by atoms with Crippen LogP contribution in [0.1, 0.15) is 28.4 Å². The molecule has 2 aromatic carbocycles. The van der Waals surface area contributed by atoms with Gasteiger partial charge in [0.1, 0.15) is 0 Å². The number of carbonyl (C=O) groups is 2. The molecule has 1 heterocycles. The number of benzene rings is 2. The number of aryl methyl sites for hydroxylation is 2. The molecule has 8 heteroatoms. The third-order valence-corrected chi connectivity index (χ3v) is 4.80. The minimum absolute atomic E-state index is 0.0375. The number of nitrogens with zero attached hydrogens (tertiary/aromatic N) is 4. The lowest BCUT2D eigenvalue weighted by atomic mass is 10.1. The minimum atomic E-state index is -0.150. The average Bonchev–Trinajstić information content (AvgIpc) is 3.08. The molecule has 0 saturated carbocycles. The van der Waals surface area contributed by atoms with Crippen molar-refractivity contribution < 1.29 is 9.59 Å². The Kier molecular flexibility index (Phi) is 5.66. The summed E-state index contributed by atoms with van der Waals surface area (Å²) in [5.41, 5.74) is 4.34. The monoisotopic (exact) mass is 381 g/mol. The first-order valence-corrected chi connectivity index (χ1v) is 9.32. The molecule has 0 atom stereocenters. The SMILES string of the molecule is CC(=O)Nc1ccc(C(=O)CSc2nnnn2-c2ccc(C)cc2C)cc1. The molecule has 0 aliphatic heterocycles. The summed E-state index contributed by atoms with van der Waals surface area (Å²) in [6, 6.07) is 12.8. The lowest BCUT2D eigenvalue weighted by molar-refractivity contribution is -0.114. The van der Waals surface area contributed by atoms with E-state index in [0.717, 1.165) is 16.8 Å². The molecular formula is C19H19N5O2S. The number of hydrogen-bond donors (Lipinski definition) is 1. The van der Waals surface area contributed by atoms with Crippen LogP contribution in [-0.2, 0) is 4.79 Å². The van der Waals surface area contributed by atoms with Gasteiger partial charge in [0, 0.05) is 18.2 Å². The molecule has 0 aliphatic rings. The van der Waals surface area contributed by atoms with E-state index in [2.05, 4.69) is 26.9 Å². The van der Waals surface area contributed by atoms with Crippen molar-refractivity contribution in [2.75, 3.05) is 11.1 Å². The maximum Gasteiger partial charge on any atom is 0.221 e. The second kappa shape index (κ2) is 8.13. The molecule has 1 amide bonds. The number of anilines is 1. The first kappa shape index (κ1) is 18.8. The van der Waals surface area contributed by atoms with Gasteiger partial charge in [0.15, 0.2) is 5.78 Å². The van der Waals surface area contributed by atoms with E-state index in [4.69, 9.17) is 0 Å². The highest BCUT2D eigenvalue weighted by atomic mass is 32.2. The Morgan fingerprint density at radius 1 is 1.11 bits per heavy atom. The molecule has 27 heavy (non-hydrogen) atoms. The number of thioether (sulfide) groups is 1. The molecular weight excluding hydrogens is 362 g/mol. The van der Waals surface area contributed by atoms with Crippen LogP contribution in [0.4, 0.5) is 5.69 Å². The Labute approximate surface area is 161 Å². The number of hydrogen-bond acceptors (Lipinski definition) is 6. The van der Waals surface area contributed by atoms with Crippen molar-refractivity contribution in [2.24, 2.45) is 0 Å². The van der Waals surface area contributed by atoms with Gasteiger partial charge in [-0.25, -0.2) is 0 Å². The summed E-state index contributed by atoms with van der Waals surface area (Å²) >= 11 is 1.29. The van der Waals surface area contributed by atoms with Gasteiger partial charge >= 0.3 is 0 Å². The predicted molar refractivity (Wildman–Crippen MR) is 104 cm³/mol. The molecule has 0 saturated heterocycles. The first-order valence-electron chi connectivity index (χ1n) is 8.33. The van der Waals surface area contributed by atoms with Gasteiger partial charge in [-0.15, -0.1) is 5.10 Å². The molecule has 3 rings (SSSR count). The fourth-order valence-electron chi connectivity index (χ4n) is 2.62. The van der Waals surface area contributed by atoms with Crippen LogP contribution in [0.25, 0.3) is 5.69 Å². The van der Waals surface area contributed by atoms with Crippen LogP contribution in [0.15, 0.2) is 47.6 Å². The number of rotatable bonds is 6. The van der Waals surface area contributed by atoms with Crippen molar-refractivity contribution >= 4 is 29.1 Å². The second-order valence-corrected chi connectivity index (χ2v) is 7.08. The fraction of sp³-hybridized carbons (Fsp3) is 0.211. The summed E-state index contributed by atoms with van der Waals surface area (Å²) in [4.78, 5) is 23.5. The molecule has 0 radical (unpaired) electrons. The van der Waals surface area contributed by atoms with Crippen molar-refractivity contribution in [1.29, 1.82) is 0 Å². The summed E-state index contributed by atoms with van der Waals surface area (Å²) in [5, 5.41) is 15.1. The zero-order chi connectivity index (χ0) is 19.4. The largest absolute Gasteiger partial charge is 0.326 e. The van der Waals surface area contributed by atoms with E-state index in [1.54, 1.807) is 28.9 Å². The summed E-state index contributed by atoms with van der Waals surface area (Å²) in [6.45, 7) is 5.47. The van der Waals surface area contributed by atoms with E-state index in [9.17, 15) is 9.59 Å². The maximum atomic E-state index is 12.4. The number of Topliss-reactive ketones (excluding diaryl/α,β-unsaturated/α-hetero) is 1. The lowest BCUT2D eigenvalue weighted by Gasteiger charge is -2.08. The Morgan fingerprint density at radius 3 is 2.52 bits per heavy atom. The van der Waals surface area contributed by atoms with Crippen LogP contribution in [0.3, 0.4) is 0 Å². The zero-order valence-electron chi connectivity index (χ0n) is 15.3. The van der Waals surface area contributed by atoms with Gasteiger partial charge in [-0.05, 0) is 60.2 Å². The van der Waals surface area contributed by atoms with Crippen LogP contribution in [0, 0.1) is 13.8 Å². The molecule has 0 bridgehead atoms. The Bertz CT molecular complexity index is 982. The van der Waals surface area contributed by atoms with Crippen molar-refractivity contribution in [3.05, 3.63) is 59.2 Å². The van der Waals surface area contributed by atoms with Gasteiger partial charge < -0.3 is 5.32 Å². The summed E-state index contributed by atoms with van der Waals surface area (Å²) in [5.74, 6) is 0.0255. The lowest BCUT2D eigenvalue weighted by Crippen LogP contribution is -2.07. The highest BCUT2D eigenvalue weighted by Gasteiger charge is 2.14. The number of nitrogens with one attached hydrogen (secondary N) is 1. The molecule has 0 aliphatic carbocycles. The van der Waals surface area contributed by atoms with Crippen molar-refractivity contribution in [1.82, 2.24) is 20.2 Å². The molecule has 3 aromatic rings. The normalized spacial score (nSPS) is 10.6. The van der Waals surface area contributed by atoms with Crippen molar-refractivity contribution in [2.45, 2.75) is 25.9 Å².